The van der Waals surface area contributed by atoms with Gasteiger partial charge in [0.2, 0.25) is 0 Å². The third-order valence-corrected chi connectivity index (χ3v) is 2.29. The van der Waals surface area contributed by atoms with E-state index in [-0.39, 0.29) is 6.10 Å². The molecule has 3 nitrogen and oxygen atoms in total. The third-order valence-electron chi connectivity index (χ3n) is 2.29. The van der Waals surface area contributed by atoms with Crippen LogP contribution in [0.1, 0.15) is 33.6 Å². The second-order valence-electron chi connectivity index (χ2n) is 3.67. The number of hydrogen-bond donors (Lipinski definition) is 1. The molecular weight excluding hydrogens is 178 g/mol. The van der Waals surface area contributed by atoms with Gasteiger partial charge in [0.1, 0.15) is 0 Å². The van der Waals surface area contributed by atoms with Crippen LogP contribution in [0.3, 0.4) is 0 Å². The summed E-state index contributed by atoms with van der Waals surface area (Å²) in [4.78, 5) is 0. The van der Waals surface area contributed by atoms with Gasteiger partial charge in [0, 0.05) is 26.4 Å². The topological polar surface area (TPSA) is 30.5 Å². The minimum absolute atomic E-state index is 0.276. The Labute approximate surface area is 88.2 Å². The van der Waals surface area contributed by atoms with E-state index in [9.17, 15) is 0 Å². The molecule has 0 aromatic carbocycles. The first kappa shape index (κ1) is 13.9. The van der Waals surface area contributed by atoms with Crippen LogP contribution in [-0.4, -0.2) is 39.0 Å². The number of methoxy groups -OCH3 is 1. The van der Waals surface area contributed by atoms with Gasteiger partial charge in [0.25, 0.3) is 0 Å². The van der Waals surface area contributed by atoms with Gasteiger partial charge < -0.3 is 14.8 Å². The van der Waals surface area contributed by atoms with Crippen molar-refractivity contribution < 1.29 is 9.47 Å². The van der Waals surface area contributed by atoms with E-state index in [1.165, 1.54) is 6.42 Å². The first-order chi connectivity index (χ1) is 6.72. The zero-order chi connectivity index (χ0) is 10.8. The number of rotatable bonds is 9. The van der Waals surface area contributed by atoms with Gasteiger partial charge in [-0.1, -0.05) is 6.92 Å². The lowest BCUT2D eigenvalue weighted by Gasteiger charge is -2.21. The van der Waals surface area contributed by atoms with E-state index in [0.29, 0.717) is 6.04 Å². The maximum atomic E-state index is 5.66. The van der Waals surface area contributed by atoms with E-state index in [1.807, 2.05) is 0 Å². The van der Waals surface area contributed by atoms with Crippen LogP contribution in [-0.2, 0) is 9.47 Å². The average molecular weight is 203 g/mol. The summed E-state index contributed by atoms with van der Waals surface area (Å²) in [6, 6.07) is 0.428. The van der Waals surface area contributed by atoms with Crippen molar-refractivity contribution in [2.75, 3.05) is 26.9 Å². The molecule has 0 aromatic heterocycles. The summed E-state index contributed by atoms with van der Waals surface area (Å²) in [5, 5.41) is 3.42. The first-order valence-electron chi connectivity index (χ1n) is 5.56. The van der Waals surface area contributed by atoms with Gasteiger partial charge in [0.15, 0.2) is 0 Å². The Kier molecular flexibility index (Phi) is 9.35. The SMILES string of the molecule is CCCNC(C)C(C)OCCCOC. The molecule has 0 amide bonds. The van der Waals surface area contributed by atoms with Crippen LogP contribution in [0.15, 0.2) is 0 Å². The standard InChI is InChI=1S/C11H25NO2/c1-5-7-12-10(2)11(3)14-9-6-8-13-4/h10-12H,5-9H2,1-4H3. The summed E-state index contributed by atoms with van der Waals surface area (Å²) in [5.41, 5.74) is 0. The van der Waals surface area contributed by atoms with Crippen molar-refractivity contribution in [2.45, 2.75) is 45.8 Å². The minimum Gasteiger partial charge on any atom is -0.385 e. The van der Waals surface area contributed by atoms with Gasteiger partial charge in [-0.3, -0.25) is 0 Å². The van der Waals surface area contributed by atoms with Gasteiger partial charge in [-0.15, -0.1) is 0 Å². The maximum Gasteiger partial charge on any atom is 0.0697 e. The highest BCUT2D eigenvalue weighted by molar-refractivity contribution is 4.67. The Morgan fingerprint density at radius 2 is 1.93 bits per heavy atom. The zero-order valence-corrected chi connectivity index (χ0v) is 10.0. The van der Waals surface area contributed by atoms with E-state index in [4.69, 9.17) is 9.47 Å². The number of hydrogen-bond acceptors (Lipinski definition) is 3. The highest BCUT2D eigenvalue weighted by atomic mass is 16.5. The molecule has 2 atom stereocenters. The van der Waals surface area contributed by atoms with Crippen molar-refractivity contribution in [3.63, 3.8) is 0 Å². The summed E-state index contributed by atoms with van der Waals surface area (Å²) < 4.78 is 10.6. The molecule has 0 aliphatic heterocycles. The summed E-state index contributed by atoms with van der Waals surface area (Å²) in [7, 11) is 1.72. The number of ether oxygens (including phenoxy) is 2. The van der Waals surface area contributed by atoms with Crippen LogP contribution in [0.5, 0.6) is 0 Å². The van der Waals surface area contributed by atoms with Crippen molar-refractivity contribution in [3.8, 4) is 0 Å². The van der Waals surface area contributed by atoms with Crippen molar-refractivity contribution in [3.05, 3.63) is 0 Å². The predicted molar refractivity (Wildman–Crippen MR) is 59.7 cm³/mol. The molecule has 0 fully saturated rings. The van der Waals surface area contributed by atoms with E-state index >= 15 is 0 Å². The quantitative estimate of drug-likeness (QED) is 0.580. The molecule has 0 bridgehead atoms. The molecule has 0 rings (SSSR count). The smallest absolute Gasteiger partial charge is 0.0697 e. The molecule has 1 N–H and O–H groups in total. The van der Waals surface area contributed by atoms with Crippen LogP contribution in [0.25, 0.3) is 0 Å². The fraction of sp³-hybridized carbons (Fsp3) is 1.00. The predicted octanol–water partition coefficient (Wildman–Crippen LogP) is 1.82. The van der Waals surface area contributed by atoms with Crippen LogP contribution in [0.2, 0.25) is 0 Å². The van der Waals surface area contributed by atoms with E-state index in [2.05, 4.69) is 26.1 Å². The molecule has 2 unspecified atom stereocenters. The van der Waals surface area contributed by atoms with E-state index in [0.717, 1.165) is 26.2 Å². The van der Waals surface area contributed by atoms with Crippen molar-refractivity contribution in [1.29, 1.82) is 0 Å². The molecule has 0 aliphatic carbocycles. The minimum atomic E-state index is 0.276. The summed E-state index contributed by atoms with van der Waals surface area (Å²) >= 11 is 0. The van der Waals surface area contributed by atoms with Crippen LogP contribution in [0.4, 0.5) is 0 Å². The lowest BCUT2D eigenvalue weighted by Crippen LogP contribution is -2.37. The maximum absolute atomic E-state index is 5.66. The highest BCUT2D eigenvalue weighted by Gasteiger charge is 2.10. The average Bonchev–Trinajstić information content (AvgIpc) is 2.20. The summed E-state index contributed by atoms with van der Waals surface area (Å²) in [6.45, 7) is 9.07. The Hall–Kier alpha value is -0.120. The van der Waals surface area contributed by atoms with E-state index in [1.54, 1.807) is 7.11 Å². The van der Waals surface area contributed by atoms with Gasteiger partial charge in [-0.05, 0) is 33.2 Å². The Balaban J connectivity index is 3.36. The molecule has 86 valence electrons. The summed E-state index contributed by atoms with van der Waals surface area (Å²) in [5.74, 6) is 0. The molecule has 14 heavy (non-hydrogen) atoms. The molecule has 0 aromatic rings. The molecule has 0 saturated heterocycles. The normalized spacial score (nSPS) is 15.4. The first-order valence-corrected chi connectivity index (χ1v) is 5.56. The van der Waals surface area contributed by atoms with Gasteiger partial charge >= 0.3 is 0 Å². The molecular formula is C11H25NO2. The Bertz CT molecular complexity index is 120. The highest BCUT2D eigenvalue weighted by Crippen LogP contribution is 1.99. The lowest BCUT2D eigenvalue weighted by atomic mass is 10.2. The molecule has 0 spiro atoms. The van der Waals surface area contributed by atoms with Crippen LogP contribution < -0.4 is 5.32 Å². The fourth-order valence-corrected chi connectivity index (χ4v) is 1.15. The van der Waals surface area contributed by atoms with Crippen molar-refractivity contribution in [2.24, 2.45) is 0 Å². The molecule has 0 aliphatic rings. The Morgan fingerprint density at radius 1 is 1.21 bits per heavy atom. The van der Waals surface area contributed by atoms with Crippen molar-refractivity contribution in [1.82, 2.24) is 5.32 Å². The van der Waals surface area contributed by atoms with Gasteiger partial charge in [-0.2, -0.15) is 0 Å². The fourth-order valence-electron chi connectivity index (χ4n) is 1.15. The summed E-state index contributed by atoms with van der Waals surface area (Å²) in [6.07, 6.45) is 2.42. The Morgan fingerprint density at radius 3 is 2.50 bits per heavy atom. The number of nitrogens with one attached hydrogen (secondary N) is 1. The zero-order valence-electron chi connectivity index (χ0n) is 10.0. The van der Waals surface area contributed by atoms with Crippen LogP contribution in [0, 0.1) is 0 Å². The van der Waals surface area contributed by atoms with Gasteiger partial charge in [-0.25, -0.2) is 0 Å². The molecule has 0 saturated carbocycles. The van der Waals surface area contributed by atoms with Gasteiger partial charge in [0.05, 0.1) is 6.10 Å². The third kappa shape index (κ3) is 7.30. The second-order valence-corrected chi connectivity index (χ2v) is 3.67. The second kappa shape index (κ2) is 9.44. The molecule has 3 heteroatoms. The van der Waals surface area contributed by atoms with Crippen LogP contribution >= 0.6 is 0 Å². The molecule has 0 radical (unpaired) electrons. The lowest BCUT2D eigenvalue weighted by molar-refractivity contribution is 0.0314. The molecule has 0 heterocycles. The largest absolute Gasteiger partial charge is 0.385 e. The monoisotopic (exact) mass is 203 g/mol. The van der Waals surface area contributed by atoms with Crippen molar-refractivity contribution >= 4 is 0 Å². The van der Waals surface area contributed by atoms with E-state index < -0.39 is 0 Å².